The van der Waals surface area contributed by atoms with Crippen LogP contribution in [0.2, 0.25) is 0 Å². The Kier molecular flexibility index (Phi) is 12.2. The van der Waals surface area contributed by atoms with Crippen LogP contribution in [0, 0.1) is 17.3 Å². The number of ether oxygens (including phenoxy) is 1. The lowest BCUT2D eigenvalue weighted by Gasteiger charge is -2.40. The number of pyridine rings is 1. The number of carboxylic acids is 2. The van der Waals surface area contributed by atoms with Crippen LogP contribution in [-0.4, -0.2) is 79.3 Å². The van der Waals surface area contributed by atoms with Gasteiger partial charge in [-0.15, -0.1) is 11.8 Å². The zero-order chi connectivity index (χ0) is 35.1. The van der Waals surface area contributed by atoms with Crippen molar-refractivity contribution in [3.05, 3.63) is 53.1 Å². The minimum atomic E-state index is -2.19. The molecule has 0 radical (unpaired) electrons. The van der Waals surface area contributed by atoms with Gasteiger partial charge >= 0.3 is 17.9 Å². The largest absolute Gasteiger partial charge is 0.480 e. The Balaban J connectivity index is 1.46. The zero-order valence-corrected chi connectivity index (χ0v) is 28.3. The first-order valence-electron chi connectivity index (χ1n) is 17.1. The molecule has 1 unspecified atom stereocenters. The SMILES string of the molecule is N[C@@H](CCC(=O)N[C@@H](CSC1C2=C3[C@@H](CCCCCC14CCCC4)CC(Cc1ccncc1)=C[C@@H]3C(=O)O2)C(=O)N[C@@H](O)C(=O)O)C(=O)O. The fourth-order valence-electron chi connectivity index (χ4n) is 7.86. The van der Waals surface area contributed by atoms with Crippen molar-refractivity contribution in [1.29, 1.82) is 0 Å². The van der Waals surface area contributed by atoms with Gasteiger partial charge in [0.2, 0.25) is 18.0 Å². The van der Waals surface area contributed by atoms with Crippen LogP contribution < -0.4 is 16.4 Å². The molecule has 1 fully saturated rings. The van der Waals surface area contributed by atoms with Crippen LogP contribution in [0.25, 0.3) is 0 Å². The highest BCUT2D eigenvalue weighted by atomic mass is 32.2. The average Bonchev–Trinajstić information content (AvgIpc) is 3.68. The number of allylic oxidation sites excluding steroid dienone is 1. The van der Waals surface area contributed by atoms with E-state index in [1.165, 1.54) is 17.3 Å². The van der Waals surface area contributed by atoms with Gasteiger partial charge in [-0.3, -0.25) is 24.2 Å². The molecule has 49 heavy (non-hydrogen) atoms. The monoisotopic (exact) mass is 698 g/mol. The molecule has 1 aliphatic heterocycles. The van der Waals surface area contributed by atoms with E-state index in [0.717, 1.165) is 81.8 Å². The molecule has 2 heterocycles. The molecule has 3 aliphatic carbocycles. The number of nitrogens with two attached hydrogens (primary N) is 1. The third-order valence-corrected chi connectivity index (χ3v) is 11.9. The van der Waals surface area contributed by atoms with Crippen molar-refractivity contribution in [3.63, 3.8) is 0 Å². The second kappa shape index (κ2) is 16.3. The average molecular weight is 699 g/mol. The molecule has 0 bridgehead atoms. The predicted octanol–water partition coefficient (Wildman–Crippen LogP) is 2.82. The first-order valence-corrected chi connectivity index (χ1v) is 18.2. The standard InChI is InChI=1S/C35H46N4O9S/c36-24(32(43)44)7-8-26(40)38-25(30(41)39-31(42)33(45)46)19-49-29-28-27-22(6-2-1-3-11-35(29)12-4-5-13-35)17-21(18-23(27)34(47)48-28)16-20-9-14-37-15-10-20/h9-10,14-15,18,22-25,29,31,42H,1-8,11-13,16-17,19,36H2,(H,38,40)(H,39,41)(H,43,44)(H,45,46)/t22-,23-,24-,25-,29?,31-/m0/s1. The minimum Gasteiger partial charge on any atom is -0.480 e. The van der Waals surface area contributed by atoms with Gasteiger partial charge in [0.15, 0.2) is 0 Å². The predicted molar refractivity (Wildman–Crippen MR) is 180 cm³/mol. The topological polar surface area (TPSA) is 218 Å². The molecule has 7 N–H and O–H groups in total. The van der Waals surface area contributed by atoms with E-state index < -0.39 is 48.0 Å². The van der Waals surface area contributed by atoms with Gasteiger partial charge in [0.1, 0.15) is 23.8 Å². The molecule has 5 rings (SSSR count). The fourth-order valence-corrected chi connectivity index (χ4v) is 9.52. The summed E-state index contributed by atoms with van der Waals surface area (Å²) in [6, 6.07) is 1.42. The number of nitrogens with one attached hydrogen (secondary N) is 2. The van der Waals surface area contributed by atoms with Crippen molar-refractivity contribution >= 4 is 41.5 Å². The van der Waals surface area contributed by atoms with Gasteiger partial charge in [-0.05, 0) is 79.5 Å². The quantitative estimate of drug-likeness (QED) is 0.0996. The molecule has 1 aromatic rings. The Bertz CT molecular complexity index is 1480. The van der Waals surface area contributed by atoms with Crippen molar-refractivity contribution < 1.29 is 44.0 Å². The third kappa shape index (κ3) is 8.89. The molecule has 266 valence electrons. The molecule has 6 atom stereocenters. The Morgan fingerprint density at radius 1 is 1.02 bits per heavy atom. The second-order valence-electron chi connectivity index (χ2n) is 13.7. The van der Waals surface area contributed by atoms with E-state index in [9.17, 15) is 34.2 Å². The molecule has 1 aromatic heterocycles. The summed E-state index contributed by atoms with van der Waals surface area (Å²) in [5, 5.41) is 32.5. The number of carbonyl (C=O) groups is 5. The highest BCUT2D eigenvalue weighted by molar-refractivity contribution is 8.00. The highest BCUT2D eigenvalue weighted by Crippen LogP contribution is 2.56. The molecular formula is C35H46N4O9S. The molecule has 1 spiro atoms. The van der Waals surface area contributed by atoms with Gasteiger partial charge in [0.05, 0.1) is 5.25 Å². The number of carbonyl (C=O) groups excluding carboxylic acids is 3. The van der Waals surface area contributed by atoms with Gasteiger partial charge in [-0.1, -0.05) is 43.8 Å². The third-order valence-electron chi connectivity index (χ3n) is 10.3. The zero-order valence-electron chi connectivity index (χ0n) is 27.5. The minimum absolute atomic E-state index is 0.00584. The van der Waals surface area contributed by atoms with E-state index >= 15 is 0 Å². The van der Waals surface area contributed by atoms with Gasteiger partial charge in [-0.2, -0.15) is 0 Å². The normalized spacial score (nSPS) is 25.0. The van der Waals surface area contributed by atoms with Gasteiger partial charge < -0.3 is 36.4 Å². The number of rotatable bonds is 13. The first-order chi connectivity index (χ1) is 23.5. The lowest BCUT2D eigenvalue weighted by molar-refractivity contribution is -0.151. The van der Waals surface area contributed by atoms with E-state index in [1.54, 1.807) is 12.4 Å². The molecule has 1 saturated carbocycles. The number of aliphatic hydroxyl groups excluding tert-OH is 1. The summed E-state index contributed by atoms with van der Waals surface area (Å²) in [4.78, 5) is 66.4. The molecule has 14 heteroatoms. The van der Waals surface area contributed by atoms with Gasteiger partial charge in [-0.25, -0.2) is 4.79 Å². The van der Waals surface area contributed by atoms with Crippen LogP contribution in [-0.2, 0) is 35.1 Å². The summed E-state index contributed by atoms with van der Waals surface area (Å²) in [5.74, 6) is -4.49. The van der Waals surface area contributed by atoms with Crippen LogP contribution in [0.15, 0.2) is 47.5 Å². The first kappa shape index (κ1) is 36.5. The maximum atomic E-state index is 13.7. The van der Waals surface area contributed by atoms with Gasteiger partial charge in [0, 0.05) is 24.6 Å². The summed E-state index contributed by atoms with van der Waals surface area (Å²) in [6.45, 7) is 0. The number of aliphatic carboxylic acids is 2. The van der Waals surface area contributed by atoms with Crippen molar-refractivity contribution in [2.24, 2.45) is 23.0 Å². The Hall–Kier alpha value is -3.75. The number of nitrogens with zero attached hydrogens (tertiary/aromatic N) is 1. The molecule has 0 aromatic carbocycles. The van der Waals surface area contributed by atoms with Crippen molar-refractivity contribution in [3.8, 4) is 0 Å². The van der Waals surface area contributed by atoms with Crippen molar-refractivity contribution in [2.45, 2.75) is 107 Å². The number of aliphatic hydroxyl groups is 1. The second-order valence-corrected chi connectivity index (χ2v) is 14.8. The molecule has 4 aliphatic rings. The lowest BCUT2D eigenvalue weighted by Crippen LogP contribution is -2.53. The summed E-state index contributed by atoms with van der Waals surface area (Å²) in [7, 11) is 0. The number of hydrogen-bond acceptors (Lipinski definition) is 10. The number of aromatic nitrogens is 1. The van der Waals surface area contributed by atoms with Crippen LogP contribution in [0.1, 0.15) is 82.6 Å². The number of hydrogen-bond donors (Lipinski definition) is 6. The van der Waals surface area contributed by atoms with Crippen LogP contribution in [0.4, 0.5) is 0 Å². The highest BCUT2D eigenvalue weighted by Gasteiger charge is 2.51. The lowest BCUT2D eigenvalue weighted by atomic mass is 9.70. The summed E-state index contributed by atoms with van der Waals surface area (Å²) in [5.41, 5.74) is 8.70. The summed E-state index contributed by atoms with van der Waals surface area (Å²) >= 11 is 1.41. The van der Waals surface area contributed by atoms with E-state index in [-0.39, 0.29) is 41.1 Å². The summed E-state index contributed by atoms with van der Waals surface area (Å²) < 4.78 is 6.26. The van der Waals surface area contributed by atoms with Crippen molar-refractivity contribution in [2.75, 3.05) is 5.75 Å². The van der Waals surface area contributed by atoms with Crippen LogP contribution in [0.5, 0.6) is 0 Å². The van der Waals surface area contributed by atoms with E-state index in [2.05, 4.69) is 16.4 Å². The van der Waals surface area contributed by atoms with Crippen LogP contribution >= 0.6 is 11.8 Å². The summed E-state index contributed by atoms with van der Waals surface area (Å²) in [6.07, 6.45) is 13.3. The maximum Gasteiger partial charge on any atom is 0.353 e. The Morgan fingerprint density at radius 3 is 2.39 bits per heavy atom. The van der Waals surface area contributed by atoms with E-state index in [0.29, 0.717) is 5.76 Å². The number of thioether (sulfide) groups is 1. The van der Waals surface area contributed by atoms with E-state index in [4.69, 9.17) is 15.6 Å². The van der Waals surface area contributed by atoms with Crippen molar-refractivity contribution in [1.82, 2.24) is 15.6 Å². The fraction of sp³-hybridized carbons (Fsp3) is 0.600. The number of carboxylic acid groups (broad SMARTS) is 2. The molecule has 2 amide bonds. The molecular weight excluding hydrogens is 652 g/mol. The maximum absolute atomic E-state index is 13.7. The number of esters is 1. The smallest absolute Gasteiger partial charge is 0.353 e. The van der Waals surface area contributed by atoms with Crippen LogP contribution in [0.3, 0.4) is 0 Å². The van der Waals surface area contributed by atoms with E-state index in [1.807, 2.05) is 17.4 Å². The molecule has 13 nitrogen and oxygen atoms in total. The van der Waals surface area contributed by atoms with Gasteiger partial charge in [0.25, 0.3) is 0 Å². The Morgan fingerprint density at radius 2 is 1.71 bits per heavy atom. The number of amides is 2. The molecule has 0 saturated heterocycles. The Labute approximate surface area is 289 Å².